The predicted octanol–water partition coefficient (Wildman–Crippen LogP) is 2.39. The Labute approximate surface area is 99.8 Å². The number of rotatable bonds is 1. The molecule has 1 unspecified atom stereocenters. The van der Waals surface area contributed by atoms with Crippen LogP contribution in [0, 0.1) is 5.41 Å². The van der Waals surface area contributed by atoms with Crippen molar-refractivity contribution in [3.8, 4) is 0 Å². The molecule has 0 aromatic rings. The molecule has 2 aliphatic carbocycles. The van der Waals surface area contributed by atoms with Crippen LogP contribution >= 0.6 is 0 Å². The molecule has 1 aliphatic heterocycles. The van der Waals surface area contributed by atoms with Gasteiger partial charge in [-0.2, -0.15) is 0 Å². The second-order valence-corrected chi connectivity index (χ2v) is 6.50. The van der Waals surface area contributed by atoms with Crippen molar-refractivity contribution in [2.75, 3.05) is 19.6 Å². The average molecular weight is 222 g/mol. The van der Waals surface area contributed by atoms with Gasteiger partial charge in [-0.25, -0.2) is 0 Å². The van der Waals surface area contributed by atoms with Crippen LogP contribution in [0.1, 0.15) is 51.9 Å². The van der Waals surface area contributed by atoms with Crippen LogP contribution < -0.4 is 5.32 Å². The highest BCUT2D eigenvalue weighted by atomic mass is 15.2. The molecule has 16 heavy (non-hydrogen) atoms. The third-order valence-electron chi connectivity index (χ3n) is 4.92. The second kappa shape index (κ2) is 4.30. The van der Waals surface area contributed by atoms with Crippen molar-refractivity contribution >= 4 is 0 Å². The normalized spacial score (nSPS) is 36.2. The summed E-state index contributed by atoms with van der Waals surface area (Å²) in [6.07, 6.45) is 10.3. The quantitative estimate of drug-likeness (QED) is 0.733. The fourth-order valence-electron chi connectivity index (χ4n) is 3.59. The zero-order valence-corrected chi connectivity index (χ0v) is 10.7. The van der Waals surface area contributed by atoms with E-state index in [4.69, 9.17) is 0 Å². The van der Waals surface area contributed by atoms with E-state index in [0.29, 0.717) is 11.5 Å². The summed E-state index contributed by atoms with van der Waals surface area (Å²) < 4.78 is 0. The minimum atomic E-state index is 0.683. The smallest absolute Gasteiger partial charge is 0.0167 e. The van der Waals surface area contributed by atoms with Gasteiger partial charge < -0.3 is 5.32 Å². The maximum absolute atomic E-state index is 3.72. The van der Waals surface area contributed by atoms with E-state index in [1.54, 1.807) is 0 Å². The molecule has 1 heterocycles. The van der Waals surface area contributed by atoms with Crippen molar-refractivity contribution in [2.24, 2.45) is 5.41 Å². The van der Waals surface area contributed by atoms with Gasteiger partial charge in [0.2, 0.25) is 0 Å². The van der Waals surface area contributed by atoms with Gasteiger partial charge >= 0.3 is 0 Å². The molecular weight excluding hydrogens is 196 g/mol. The zero-order chi connectivity index (χ0) is 11.0. The Bertz CT molecular complexity index is 241. The van der Waals surface area contributed by atoms with Crippen LogP contribution in [0.25, 0.3) is 0 Å². The lowest BCUT2D eigenvalue weighted by molar-refractivity contribution is 0.136. The molecule has 92 valence electrons. The molecule has 0 aromatic heterocycles. The highest BCUT2D eigenvalue weighted by molar-refractivity contribution is 5.01. The molecule has 3 aliphatic rings. The van der Waals surface area contributed by atoms with E-state index in [9.17, 15) is 0 Å². The maximum Gasteiger partial charge on any atom is 0.0167 e. The molecule has 1 atom stereocenters. The summed E-state index contributed by atoms with van der Waals surface area (Å²) >= 11 is 0. The number of hydrogen-bond donors (Lipinski definition) is 1. The summed E-state index contributed by atoms with van der Waals surface area (Å²) in [6.45, 7) is 6.30. The van der Waals surface area contributed by atoms with Crippen molar-refractivity contribution in [2.45, 2.75) is 64.0 Å². The average Bonchev–Trinajstić information content (AvgIpc) is 3.09. The lowest BCUT2D eigenvalue weighted by atomic mass is 9.93. The summed E-state index contributed by atoms with van der Waals surface area (Å²) in [5.41, 5.74) is 0.683. The summed E-state index contributed by atoms with van der Waals surface area (Å²) in [4.78, 5) is 2.83. The van der Waals surface area contributed by atoms with Crippen LogP contribution in [0.4, 0.5) is 0 Å². The minimum Gasteiger partial charge on any atom is -0.312 e. The highest BCUT2D eigenvalue weighted by Gasteiger charge is 2.46. The SMILES string of the molecule is CC1CN(C2CCCCC2)CC2(CC2)CN1. The Hall–Kier alpha value is -0.0800. The van der Waals surface area contributed by atoms with E-state index in [2.05, 4.69) is 17.1 Å². The van der Waals surface area contributed by atoms with E-state index < -0.39 is 0 Å². The van der Waals surface area contributed by atoms with Gasteiger partial charge in [0, 0.05) is 31.7 Å². The molecule has 3 rings (SSSR count). The van der Waals surface area contributed by atoms with E-state index in [1.165, 1.54) is 64.6 Å². The molecule has 0 aromatic carbocycles. The van der Waals surface area contributed by atoms with E-state index in [0.717, 1.165) is 6.04 Å². The van der Waals surface area contributed by atoms with Gasteiger partial charge in [0.1, 0.15) is 0 Å². The van der Waals surface area contributed by atoms with Gasteiger partial charge in [0.25, 0.3) is 0 Å². The van der Waals surface area contributed by atoms with Gasteiger partial charge in [-0.15, -0.1) is 0 Å². The van der Waals surface area contributed by atoms with Crippen LogP contribution in [0.2, 0.25) is 0 Å². The molecule has 1 saturated heterocycles. The molecule has 2 nitrogen and oxygen atoms in total. The first-order chi connectivity index (χ1) is 7.77. The van der Waals surface area contributed by atoms with E-state index >= 15 is 0 Å². The van der Waals surface area contributed by atoms with Crippen LogP contribution in [0.15, 0.2) is 0 Å². The molecule has 0 radical (unpaired) electrons. The fraction of sp³-hybridized carbons (Fsp3) is 1.00. The standard InChI is InChI=1S/C14H26N2/c1-12-9-16(13-5-3-2-4-6-13)11-14(7-8-14)10-15-12/h12-13,15H,2-11H2,1H3. The van der Waals surface area contributed by atoms with Crippen molar-refractivity contribution < 1.29 is 0 Å². The Morgan fingerprint density at radius 3 is 2.56 bits per heavy atom. The summed E-state index contributed by atoms with van der Waals surface area (Å²) in [5.74, 6) is 0. The van der Waals surface area contributed by atoms with Crippen LogP contribution in [-0.4, -0.2) is 36.6 Å². The molecule has 1 spiro atoms. The second-order valence-electron chi connectivity index (χ2n) is 6.50. The summed E-state index contributed by atoms with van der Waals surface area (Å²) in [6, 6.07) is 1.61. The largest absolute Gasteiger partial charge is 0.312 e. The highest BCUT2D eigenvalue weighted by Crippen LogP contribution is 2.47. The number of hydrogen-bond acceptors (Lipinski definition) is 2. The lowest BCUT2D eigenvalue weighted by Gasteiger charge is -2.35. The van der Waals surface area contributed by atoms with Gasteiger partial charge in [-0.05, 0) is 38.0 Å². The molecule has 3 fully saturated rings. The minimum absolute atomic E-state index is 0.683. The summed E-state index contributed by atoms with van der Waals surface area (Å²) in [7, 11) is 0. The molecule has 2 saturated carbocycles. The fourth-order valence-corrected chi connectivity index (χ4v) is 3.59. The first-order valence-corrected chi connectivity index (χ1v) is 7.25. The first kappa shape index (κ1) is 11.0. The zero-order valence-electron chi connectivity index (χ0n) is 10.7. The molecule has 0 amide bonds. The van der Waals surface area contributed by atoms with Crippen molar-refractivity contribution in [3.05, 3.63) is 0 Å². The van der Waals surface area contributed by atoms with Crippen molar-refractivity contribution in [1.29, 1.82) is 0 Å². The van der Waals surface area contributed by atoms with Crippen molar-refractivity contribution in [3.63, 3.8) is 0 Å². The Morgan fingerprint density at radius 2 is 1.88 bits per heavy atom. The number of nitrogens with one attached hydrogen (secondary N) is 1. The maximum atomic E-state index is 3.72. The third kappa shape index (κ3) is 2.28. The van der Waals surface area contributed by atoms with E-state index in [-0.39, 0.29) is 0 Å². The summed E-state index contributed by atoms with van der Waals surface area (Å²) in [5, 5.41) is 3.72. The van der Waals surface area contributed by atoms with Gasteiger partial charge in [0.15, 0.2) is 0 Å². The molecule has 1 N–H and O–H groups in total. The van der Waals surface area contributed by atoms with Gasteiger partial charge in [-0.1, -0.05) is 19.3 Å². The molecular formula is C14H26N2. The molecule has 2 heteroatoms. The first-order valence-electron chi connectivity index (χ1n) is 7.25. The molecule has 0 bridgehead atoms. The Balaban J connectivity index is 1.66. The monoisotopic (exact) mass is 222 g/mol. The van der Waals surface area contributed by atoms with Gasteiger partial charge in [0.05, 0.1) is 0 Å². The van der Waals surface area contributed by atoms with Gasteiger partial charge in [-0.3, -0.25) is 4.90 Å². The Kier molecular flexibility index (Phi) is 2.97. The van der Waals surface area contributed by atoms with Crippen LogP contribution in [0.3, 0.4) is 0 Å². The predicted molar refractivity (Wildman–Crippen MR) is 67.6 cm³/mol. The van der Waals surface area contributed by atoms with E-state index in [1.807, 2.05) is 0 Å². The van der Waals surface area contributed by atoms with Crippen LogP contribution in [0.5, 0.6) is 0 Å². The third-order valence-corrected chi connectivity index (χ3v) is 4.92. The topological polar surface area (TPSA) is 15.3 Å². The number of nitrogens with zero attached hydrogens (tertiary/aromatic N) is 1. The Morgan fingerprint density at radius 1 is 1.12 bits per heavy atom. The lowest BCUT2D eigenvalue weighted by Crippen LogP contribution is -2.43. The van der Waals surface area contributed by atoms with Crippen molar-refractivity contribution in [1.82, 2.24) is 10.2 Å². The van der Waals surface area contributed by atoms with Crippen LogP contribution in [-0.2, 0) is 0 Å².